The van der Waals surface area contributed by atoms with Gasteiger partial charge in [-0.15, -0.1) is 0 Å². The van der Waals surface area contributed by atoms with Crippen molar-refractivity contribution in [3.05, 3.63) is 87.4 Å². The van der Waals surface area contributed by atoms with Crippen molar-refractivity contribution in [2.45, 2.75) is 18.5 Å². The summed E-state index contributed by atoms with van der Waals surface area (Å²) < 4.78 is 118. The van der Waals surface area contributed by atoms with Gasteiger partial charge in [-0.3, -0.25) is 14.4 Å². The minimum absolute atomic E-state index is 0.00493. The van der Waals surface area contributed by atoms with E-state index in [4.69, 9.17) is 0 Å². The highest BCUT2D eigenvalue weighted by molar-refractivity contribution is 9.10. The normalized spacial score (nSPS) is 12.8. The summed E-state index contributed by atoms with van der Waals surface area (Å²) in [4.78, 5) is 37.3. The number of alkyl halides is 9. The Morgan fingerprint density at radius 3 is 1.93 bits per heavy atom. The van der Waals surface area contributed by atoms with Crippen LogP contribution in [0.3, 0.4) is 0 Å². The third-order valence-electron chi connectivity index (χ3n) is 5.45. The van der Waals surface area contributed by atoms with Crippen molar-refractivity contribution in [1.29, 1.82) is 0 Å². The van der Waals surface area contributed by atoms with Crippen LogP contribution >= 0.6 is 15.9 Å². The zero-order valence-electron chi connectivity index (χ0n) is 20.2. The summed E-state index contributed by atoms with van der Waals surface area (Å²) in [6, 6.07) is 9.16. The topological polar surface area (TPSA) is 75.3 Å². The Labute approximate surface area is 233 Å². The summed E-state index contributed by atoms with van der Waals surface area (Å²) in [6.45, 7) is -2.44. The van der Waals surface area contributed by atoms with Crippen LogP contribution in [0, 0.1) is 0 Å². The van der Waals surface area contributed by atoms with E-state index in [1.54, 1.807) is 5.32 Å². The lowest BCUT2D eigenvalue weighted by Crippen LogP contribution is -2.40. The summed E-state index contributed by atoms with van der Waals surface area (Å²) in [5.41, 5.74) is -4.42. The number of fused-ring (bicyclic) bond motifs is 1. The third kappa shape index (κ3) is 8.31. The lowest BCUT2D eigenvalue weighted by atomic mass is 9.94. The molecule has 3 aromatic rings. The predicted molar refractivity (Wildman–Crippen MR) is 133 cm³/mol. The van der Waals surface area contributed by atoms with Gasteiger partial charge in [-0.1, -0.05) is 40.2 Å². The Balaban J connectivity index is 1.98. The van der Waals surface area contributed by atoms with Gasteiger partial charge in [0.05, 0.1) is 17.7 Å². The van der Waals surface area contributed by atoms with E-state index in [0.29, 0.717) is 6.07 Å². The van der Waals surface area contributed by atoms with E-state index in [2.05, 4.69) is 21.2 Å². The van der Waals surface area contributed by atoms with E-state index >= 15 is 0 Å². The van der Waals surface area contributed by atoms with E-state index in [1.165, 1.54) is 24.3 Å². The first kappa shape index (κ1) is 31.6. The van der Waals surface area contributed by atoms with Crippen LogP contribution in [0.4, 0.5) is 39.5 Å². The number of hydrogen-bond donors (Lipinski definition) is 2. The molecule has 0 spiro atoms. The van der Waals surface area contributed by atoms with Crippen LogP contribution in [0.1, 0.15) is 31.8 Å². The van der Waals surface area contributed by atoms with Gasteiger partial charge in [0, 0.05) is 15.6 Å². The fourth-order valence-electron chi connectivity index (χ4n) is 3.68. The number of nitrogens with one attached hydrogen (secondary N) is 2. The molecule has 0 aliphatic carbocycles. The monoisotopic (exact) mass is 654 g/mol. The van der Waals surface area contributed by atoms with Crippen LogP contribution in [0.25, 0.3) is 16.3 Å². The summed E-state index contributed by atoms with van der Waals surface area (Å²) in [6.07, 6.45) is -14.7. The zero-order valence-corrected chi connectivity index (χ0v) is 21.8. The first-order chi connectivity index (χ1) is 18.9. The van der Waals surface area contributed by atoms with E-state index in [1.807, 2.05) is 0 Å². The van der Waals surface area contributed by atoms with Crippen molar-refractivity contribution >= 4 is 49.9 Å². The molecule has 0 atom stereocenters. The molecule has 0 saturated carbocycles. The van der Waals surface area contributed by atoms with Crippen LogP contribution in [0.5, 0.6) is 0 Å². The van der Waals surface area contributed by atoms with E-state index in [9.17, 15) is 53.9 Å². The van der Waals surface area contributed by atoms with Gasteiger partial charge in [0.2, 0.25) is 5.91 Å². The third-order valence-corrected chi connectivity index (χ3v) is 5.90. The SMILES string of the molecule is O=C(CNC(=O)c1ccc(C(=O)C=C(c2cc(Br)cc(C(F)(F)F)c2)C(F)(F)F)c2ccccc12)NCC(F)(F)F. The van der Waals surface area contributed by atoms with Gasteiger partial charge >= 0.3 is 18.5 Å². The quantitative estimate of drug-likeness (QED) is 0.166. The molecule has 15 heteroatoms. The maximum atomic E-state index is 13.9. The zero-order chi connectivity index (χ0) is 30.8. The molecule has 0 saturated heterocycles. The number of rotatable bonds is 7. The fraction of sp³-hybridized carbons (Fsp3) is 0.192. The second-order valence-electron chi connectivity index (χ2n) is 8.43. The Morgan fingerprint density at radius 1 is 0.780 bits per heavy atom. The van der Waals surface area contributed by atoms with Crippen molar-refractivity contribution < 1.29 is 53.9 Å². The lowest BCUT2D eigenvalue weighted by molar-refractivity contribution is -0.137. The minimum Gasteiger partial charge on any atom is -0.345 e. The smallest absolute Gasteiger partial charge is 0.345 e. The first-order valence-electron chi connectivity index (χ1n) is 11.2. The molecule has 5 nitrogen and oxygen atoms in total. The molecule has 0 radical (unpaired) electrons. The van der Waals surface area contributed by atoms with Crippen LogP contribution in [0.15, 0.2) is 65.1 Å². The van der Waals surface area contributed by atoms with Crippen LogP contribution in [-0.2, 0) is 11.0 Å². The molecule has 2 N–H and O–H groups in total. The number of halogens is 10. The Morgan fingerprint density at radius 2 is 1.37 bits per heavy atom. The van der Waals surface area contributed by atoms with Gasteiger partial charge in [-0.05, 0) is 52.7 Å². The number of carbonyl (C=O) groups is 3. The van der Waals surface area contributed by atoms with Gasteiger partial charge in [-0.25, -0.2) is 0 Å². The van der Waals surface area contributed by atoms with Crippen LogP contribution in [0.2, 0.25) is 0 Å². The second kappa shape index (κ2) is 11.9. The highest BCUT2D eigenvalue weighted by Gasteiger charge is 2.38. The van der Waals surface area contributed by atoms with Gasteiger partial charge in [0.25, 0.3) is 5.91 Å². The average Bonchev–Trinajstić information content (AvgIpc) is 2.86. The number of hydrogen-bond acceptors (Lipinski definition) is 3. The molecule has 3 aromatic carbocycles. The number of benzene rings is 3. The number of allylic oxidation sites excluding steroid dienone is 2. The van der Waals surface area contributed by atoms with E-state index in [-0.39, 0.29) is 38.5 Å². The summed E-state index contributed by atoms with van der Waals surface area (Å²) in [5.74, 6) is -3.30. The maximum Gasteiger partial charge on any atom is 0.417 e. The van der Waals surface area contributed by atoms with E-state index in [0.717, 1.165) is 18.2 Å². The average molecular weight is 655 g/mol. The van der Waals surface area contributed by atoms with Crippen molar-refractivity contribution in [3.63, 3.8) is 0 Å². The first-order valence-corrected chi connectivity index (χ1v) is 12.0. The standard InChI is InChI=1S/C26H16BrF9N2O3/c27-15-8-13(7-14(9-15)25(31,32)33)20(26(34,35)36)10-21(39)18-5-6-19(17-4-2-1-3-16(17)18)23(41)37-11-22(40)38-12-24(28,29)30/h1-10H,11-12H2,(H,37,41)(H,38,40). The van der Waals surface area contributed by atoms with Gasteiger partial charge in [0.1, 0.15) is 6.54 Å². The molecule has 218 valence electrons. The largest absolute Gasteiger partial charge is 0.417 e. The molecule has 3 rings (SSSR count). The molecule has 0 unspecified atom stereocenters. The predicted octanol–water partition coefficient (Wildman–Crippen LogP) is 6.86. The molecule has 0 aliphatic heterocycles. The Bertz CT molecular complexity index is 1530. The maximum absolute atomic E-state index is 13.9. The van der Waals surface area contributed by atoms with Gasteiger partial charge in [-0.2, -0.15) is 39.5 Å². The highest BCUT2D eigenvalue weighted by atomic mass is 79.9. The molecular weight excluding hydrogens is 639 g/mol. The Hall–Kier alpha value is -3.88. The minimum atomic E-state index is -5.23. The Kier molecular flexibility index (Phi) is 9.20. The van der Waals surface area contributed by atoms with Crippen molar-refractivity contribution in [3.8, 4) is 0 Å². The molecule has 2 amide bonds. The fourth-order valence-corrected chi connectivity index (χ4v) is 4.17. The van der Waals surface area contributed by atoms with Crippen molar-refractivity contribution in [2.24, 2.45) is 0 Å². The summed E-state index contributed by atoms with van der Waals surface area (Å²) >= 11 is 2.75. The summed E-state index contributed by atoms with van der Waals surface area (Å²) in [5, 5.41) is 3.72. The second-order valence-corrected chi connectivity index (χ2v) is 9.34. The lowest BCUT2D eigenvalue weighted by Gasteiger charge is -2.16. The number of amides is 2. The molecule has 0 aliphatic rings. The molecular formula is C26H16BrF9N2O3. The number of ketones is 1. The van der Waals surface area contributed by atoms with Crippen LogP contribution < -0.4 is 10.6 Å². The summed E-state index contributed by atoms with van der Waals surface area (Å²) in [7, 11) is 0. The highest BCUT2D eigenvalue weighted by Crippen LogP contribution is 2.39. The van der Waals surface area contributed by atoms with Crippen LogP contribution in [-0.4, -0.2) is 43.0 Å². The molecule has 0 heterocycles. The van der Waals surface area contributed by atoms with Crippen molar-refractivity contribution in [1.82, 2.24) is 10.6 Å². The molecule has 0 fully saturated rings. The van der Waals surface area contributed by atoms with Gasteiger partial charge < -0.3 is 10.6 Å². The number of carbonyl (C=O) groups excluding carboxylic acids is 3. The molecule has 0 aromatic heterocycles. The van der Waals surface area contributed by atoms with Gasteiger partial charge in [0.15, 0.2) is 5.78 Å². The molecule has 0 bridgehead atoms. The molecule has 41 heavy (non-hydrogen) atoms. The van der Waals surface area contributed by atoms with Crippen molar-refractivity contribution in [2.75, 3.05) is 13.1 Å². The van der Waals surface area contributed by atoms with E-state index < -0.39 is 65.9 Å².